The number of para-hydroxylation sites is 1. The van der Waals surface area contributed by atoms with Crippen molar-refractivity contribution in [2.24, 2.45) is 0 Å². The van der Waals surface area contributed by atoms with Crippen molar-refractivity contribution in [3.8, 4) is 22.3 Å². The summed E-state index contributed by atoms with van der Waals surface area (Å²) >= 11 is 0. The molecule has 0 heterocycles. The second-order valence-electron chi connectivity index (χ2n) is 7.39. The number of anilines is 1. The van der Waals surface area contributed by atoms with E-state index in [0.29, 0.717) is 11.3 Å². The highest BCUT2D eigenvalue weighted by Crippen LogP contribution is 2.27. The topological polar surface area (TPSA) is 55.4 Å². The van der Waals surface area contributed by atoms with E-state index in [4.69, 9.17) is 4.74 Å². The molecule has 32 heavy (non-hydrogen) atoms. The number of carbonyl (C=O) groups is 2. The number of hydrogen-bond acceptors (Lipinski definition) is 3. The lowest BCUT2D eigenvalue weighted by atomic mass is 10.0. The van der Waals surface area contributed by atoms with E-state index in [0.717, 1.165) is 22.3 Å². The van der Waals surface area contributed by atoms with Crippen LogP contribution in [0.5, 0.6) is 0 Å². The van der Waals surface area contributed by atoms with E-state index in [-0.39, 0.29) is 5.91 Å². The molecule has 4 heteroatoms. The Bertz CT molecular complexity index is 1200. The van der Waals surface area contributed by atoms with Crippen molar-refractivity contribution in [2.75, 3.05) is 5.32 Å². The minimum absolute atomic E-state index is 0.386. The zero-order valence-corrected chi connectivity index (χ0v) is 17.7. The molecule has 158 valence electrons. The van der Waals surface area contributed by atoms with Gasteiger partial charge in [-0.3, -0.25) is 4.79 Å². The van der Waals surface area contributed by atoms with Gasteiger partial charge in [0.1, 0.15) is 0 Å². The highest BCUT2D eigenvalue weighted by molar-refractivity contribution is 6.00. The fourth-order valence-corrected chi connectivity index (χ4v) is 3.41. The first-order valence-electron chi connectivity index (χ1n) is 10.4. The summed E-state index contributed by atoms with van der Waals surface area (Å²) in [6.07, 6.45) is -0.944. The molecule has 1 N–H and O–H groups in total. The molecule has 4 aromatic carbocycles. The van der Waals surface area contributed by atoms with Gasteiger partial charge in [0.05, 0.1) is 5.56 Å². The maximum absolute atomic E-state index is 12.7. The predicted octanol–water partition coefficient (Wildman–Crippen LogP) is 6.20. The highest BCUT2D eigenvalue weighted by atomic mass is 16.5. The molecular formula is C28H23NO3. The van der Waals surface area contributed by atoms with Gasteiger partial charge in [0, 0.05) is 11.3 Å². The lowest BCUT2D eigenvalue weighted by Gasteiger charge is -2.16. The summed E-state index contributed by atoms with van der Waals surface area (Å²) in [5.74, 6) is -0.925. The third-order valence-electron chi connectivity index (χ3n) is 5.15. The van der Waals surface area contributed by atoms with E-state index in [1.165, 1.54) is 0 Å². The summed E-state index contributed by atoms with van der Waals surface area (Å²) in [6, 6.07) is 34.4. The summed E-state index contributed by atoms with van der Waals surface area (Å²) in [7, 11) is 0. The number of nitrogens with one attached hydrogen (secondary N) is 1. The van der Waals surface area contributed by atoms with Gasteiger partial charge in [-0.05, 0) is 41.8 Å². The van der Waals surface area contributed by atoms with Crippen LogP contribution in [0.4, 0.5) is 5.69 Å². The first-order valence-corrected chi connectivity index (χ1v) is 10.4. The van der Waals surface area contributed by atoms with Gasteiger partial charge in [0.2, 0.25) is 0 Å². The standard InChI is InChI=1S/C28H23NO3/c1-20(27(30)29-26-15-9-8-14-25(26)23-12-6-3-7-13-23)32-28(31)24-18-16-22(17-19-24)21-10-4-2-5-11-21/h2-20H,1H3,(H,29,30)/t20-/m0/s1. The number of rotatable bonds is 6. The van der Waals surface area contributed by atoms with Gasteiger partial charge in [-0.15, -0.1) is 0 Å². The van der Waals surface area contributed by atoms with E-state index in [9.17, 15) is 9.59 Å². The third-order valence-corrected chi connectivity index (χ3v) is 5.15. The van der Waals surface area contributed by atoms with Crippen molar-refractivity contribution >= 4 is 17.6 Å². The van der Waals surface area contributed by atoms with Crippen molar-refractivity contribution in [3.63, 3.8) is 0 Å². The number of ether oxygens (including phenoxy) is 1. The zero-order chi connectivity index (χ0) is 22.3. The molecule has 0 unspecified atom stereocenters. The number of amides is 1. The van der Waals surface area contributed by atoms with Crippen molar-refractivity contribution in [2.45, 2.75) is 13.0 Å². The summed E-state index contributed by atoms with van der Waals surface area (Å²) in [6.45, 7) is 1.57. The largest absolute Gasteiger partial charge is 0.449 e. The fourth-order valence-electron chi connectivity index (χ4n) is 3.41. The summed E-state index contributed by atoms with van der Waals surface area (Å²) in [4.78, 5) is 25.3. The van der Waals surface area contributed by atoms with E-state index in [1.807, 2.05) is 97.1 Å². The number of carbonyl (C=O) groups excluding carboxylic acids is 2. The molecule has 4 rings (SSSR count). The monoisotopic (exact) mass is 421 g/mol. The third kappa shape index (κ3) is 4.93. The summed E-state index contributed by atoms with van der Waals surface area (Å²) < 4.78 is 5.41. The predicted molar refractivity (Wildman–Crippen MR) is 127 cm³/mol. The molecule has 1 atom stereocenters. The van der Waals surface area contributed by atoms with Crippen LogP contribution >= 0.6 is 0 Å². The van der Waals surface area contributed by atoms with E-state index in [2.05, 4.69) is 5.32 Å². The number of esters is 1. The van der Waals surface area contributed by atoms with E-state index >= 15 is 0 Å². The van der Waals surface area contributed by atoms with Crippen molar-refractivity contribution < 1.29 is 14.3 Å². The number of benzene rings is 4. The van der Waals surface area contributed by atoms with Gasteiger partial charge < -0.3 is 10.1 Å². The molecule has 0 aliphatic carbocycles. The molecular weight excluding hydrogens is 398 g/mol. The lowest BCUT2D eigenvalue weighted by Crippen LogP contribution is -2.30. The van der Waals surface area contributed by atoms with Crippen molar-refractivity contribution in [1.29, 1.82) is 0 Å². The average Bonchev–Trinajstić information content (AvgIpc) is 2.85. The molecule has 0 saturated carbocycles. The molecule has 0 fully saturated rings. The Morgan fingerprint density at radius 3 is 1.84 bits per heavy atom. The van der Waals surface area contributed by atoms with Gasteiger partial charge in [-0.2, -0.15) is 0 Å². The van der Waals surface area contributed by atoms with Crippen LogP contribution in [-0.4, -0.2) is 18.0 Å². The molecule has 0 aliphatic heterocycles. The van der Waals surface area contributed by atoms with Gasteiger partial charge in [-0.25, -0.2) is 4.79 Å². The molecule has 0 saturated heterocycles. The second-order valence-corrected chi connectivity index (χ2v) is 7.39. The average molecular weight is 421 g/mol. The smallest absolute Gasteiger partial charge is 0.338 e. The Hall–Kier alpha value is -4.18. The Kier molecular flexibility index (Phi) is 6.42. The SMILES string of the molecule is C[C@H](OC(=O)c1ccc(-c2ccccc2)cc1)C(=O)Nc1ccccc1-c1ccccc1. The van der Waals surface area contributed by atoms with Gasteiger partial charge in [0.25, 0.3) is 5.91 Å². The lowest BCUT2D eigenvalue weighted by molar-refractivity contribution is -0.123. The first kappa shape index (κ1) is 21.1. The quantitative estimate of drug-likeness (QED) is 0.377. The molecule has 0 aliphatic rings. The second kappa shape index (κ2) is 9.75. The maximum atomic E-state index is 12.7. The Labute approximate surface area is 187 Å². The zero-order valence-electron chi connectivity index (χ0n) is 17.7. The molecule has 1 amide bonds. The van der Waals surface area contributed by atoms with Crippen LogP contribution in [0.2, 0.25) is 0 Å². The van der Waals surface area contributed by atoms with Gasteiger partial charge in [-0.1, -0.05) is 91.0 Å². The minimum atomic E-state index is -0.944. The van der Waals surface area contributed by atoms with Crippen LogP contribution in [0, 0.1) is 0 Å². The van der Waals surface area contributed by atoms with Crippen LogP contribution < -0.4 is 5.32 Å². The molecule has 0 spiro atoms. The van der Waals surface area contributed by atoms with Crippen molar-refractivity contribution in [1.82, 2.24) is 0 Å². The normalized spacial score (nSPS) is 11.4. The van der Waals surface area contributed by atoms with E-state index < -0.39 is 12.1 Å². The first-order chi connectivity index (χ1) is 15.6. The Balaban J connectivity index is 1.42. The van der Waals surface area contributed by atoms with Crippen molar-refractivity contribution in [3.05, 3.63) is 115 Å². The van der Waals surface area contributed by atoms with Gasteiger partial charge in [0.15, 0.2) is 6.10 Å². The van der Waals surface area contributed by atoms with Crippen LogP contribution in [0.1, 0.15) is 17.3 Å². The maximum Gasteiger partial charge on any atom is 0.338 e. The Morgan fingerprint density at radius 2 is 1.19 bits per heavy atom. The molecule has 0 radical (unpaired) electrons. The van der Waals surface area contributed by atoms with Crippen LogP contribution in [0.25, 0.3) is 22.3 Å². The molecule has 4 aromatic rings. The van der Waals surface area contributed by atoms with Gasteiger partial charge >= 0.3 is 5.97 Å². The Morgan fingerprint density at radius 1 is 0.656 bits per heavy atom. The summed E-state index contributed by atoms with van der Waals surface area (Å²) in [5, 5.41) is 2.88. The van der Waals surface area contributed by atoms with Crippen LogP contribution in [0.15, 0.2) is 109 Å². The fraction of sp³-hybridized carbons (Fsp3) is 0.0714. The number of hydrogen-bond donors (Lipinski definition) is 1. The van der Waals surface area contributed by atoms with E-state index in [1.54, 1.807) is 19.1 Å². The highest BCUT2D eigenvalue weighted by Gasteiger charge is 2.20. The molecule has 0 aromatic heterocycles. The van der Waals surface area contributed by atoms with Crippen LogP contribution in [0.3, 0.4) is 0 Å². The molecule has 0 bridgehead atoms. The minimum Gasteiger partial charge on any atom is -0.449 e. The van der Waals surface area contributed by atoms with Crippen LogP contribution in [-0.2, 0) is 9.53 Å². The molecule has 4 nitrogen and oxygen atoms in total. The summed E-state index contributed by atoms with van der Waals surface area (Å²) in [5.41, 5.74) is 5.03.